The molecule has 0 bridgehead atoms. The highest BCUT2D eigenvalue weighted by Gasteiger charge is 2.31. The van der Waals surface area contributed by atoms with E-state index in [0.717, 1.165) is 0 Å². The average molecular weight is 401 g/mol. The highest BCUT2D eigenvalue weighted by Crippen LogP contribution is 2.24. The van der Waals surface area contributed by atoms with E-state index in [2.05, 4.69) is 19.7 Å². The zero-order chi connectivity index (χ0) is 19.4. The summed E-state index contributed by atoms with van der Waals surface area (Å²) in [6, 6.07) is 11.8. The Morgan fingerprint density at radius 1 is 1.07 bits per heavy atom. The number of rotatable bonds is 6. The van der Waals surface area contributed by atoms with Crippen molar-refractivity contribution in [1.82, 2.24) is 19.6 Å². The standard InChI is InChI=1S/C17H13ClF4N4O/c18-24-9-15(19)11-1-3-12(4-2-11)16-23-10-26(25-16)13-5-7-14(8-6-13)27-17(20,21)22/h1-8,10,15,24H,9H2. The Hall–Kier alpha value is -2.65. The van der Waals surface area contributed by atoms with Crippen LogP contribution in [-0.4, -0.2) is 27.7 Å². The Kier molecular flexibility index (Phi) is 5.62. The van der Waals surface area contributed by atoms with Crippen LogP contribution in [0.5, 0.6) is 5.75 Å². The lowest BCUT2D eigenvalue weighted by atomic mass is 10.1. The lowest BCUT2D eigenvalue weighted by Gasteiger charge is -2.09. The van der Waals surface area contributed by atoms with Crippen LogP contribution in [0.4, 0.5) is 17.6 Å². The number of hydrogen-bond donors (Lipinski definition) is 1. The van der Waals surface area contributed by atoms with Gasteiger partial charge >= 0.3 is 6.36 Å². The van der Waals surface area contributed by atoms with Gasteiger partial charge in [0, 0.05) is 12.1 Å². The first-order valence-electron chi connectivity index (χ1n) is 7.71. The van der Waals surface area contributed by atoms with E-state index in [4.69, 9.17) is 11.8 Å². The van der Waals surface area contributed by atoms with Crippen LogP contribution in [0.3, 0.4) is 0 Å². The number of halogens is 5. The summed E-state index contributed by atoms with van der Waals surface area (Å²) in [6.45, 7) is -0.0121. The van der Waals surface area contributed by atoms with Crippen molar-refractivity contribution in [3.63, 3.8) is 0 Å². The lowest BCUT2D eigenvalue weighted by molar-refractivity contribution is -0.274. The molecule has 1 unspecified atom stereocenters. The summed E-state index contributed by atoms with van der Waals surface area (Å²) in [6.07, 6.45) is -4.55. The van der Waals surface area contributed by atoms with Gasteiger partial charge < -0.3 is 4.74 Å². The van der Waals surface area contributed by atoms with Gasteiger partial charge in [-0.15, -0.1) is 18.3 Å². The molecule has 0 amide bonds. The molecule has 5 nitrogen and oxygen atoms in total. The molecule has 0 saturated heterocycles. The molecule has 1 heterocycles. The topological polar surface area (TPSA) is 52.0 Å². The molecular weight excluding hydrogens is 388 g/mol. The lowest BCUT2D eigenvalue weighted by Crippen LogP contribution is -2.17. The molecule has 0 aliphatic heterocycles. The van der Waals surface area contributed by atoms with Crippen molar-refractivity contribution >= 4 is 11.8 Å². The number of benzene rings is 2. The first-order chi connectivity index (χ1) is 12.9. The van der Waals surface area contributed by atoms with Crippen LogP contribution in [0.2, 0.25) is 0 Å². The third-order valence-corrected chi connectivity index (χ3v) is 3.77. The van der Waals surface area contributed by atoms with E-state index in [1.54, 1.807) is 24.3 Å². The summed E-state index contributed by atoms with van der Waals surface area (Å²) in [7, 11) is 0. The predicted molar refractivity (Wildman–Crippen MR) is 91.2 cm³/mol. The second-order valence-corrected chi connectivity index (χ2v) is 5.75. The third-order valence-electron chi connectivity index (χ3n) is 3.61. The van der Waals surface area contributed by atoms with Crippen LogP contribution in [-0.2, 0) is 0 Å². The number of alkyl halides is 4. The normalized spacial score (nSPS) is 12.8. The van der Waals surface area contributed by atoms with Gasteiger partial charge in [0.15, 0.2) is 5.82 Å². The number of ether oxygens (including phenoxy) is 1. The van der Waals surface area contributed by atoms with Crippen molar-refractivity contribution in [2.75, 3.05) is 6.54 Å². The second kappa shape index (κ2) is 7.93. The van der Waals surface area contributed by atoms with E-state index < -0.39 is 12.5 Å². The van der Waals surface area contributed by atoms with Crippen molar-refractivity contribution in [2.24, 2.45) is 0 Å². The van der Waals surface area contributed by atoms with Crippen LogP contribution in [0.15, 0.2) is 54.9 Å². The van der Waals surface area contributed by atoms with Crippen LogP contribution in [0, 0.1) is 0 Å². The van der Waals surface area contributed by atoms with Gasteiger partial charge in [0.2, 0.25) is 0 Å². The van der Waals surface area contributed by atoms with Gasteiger partial charge in [-0.2, -0.15) is 0 Å². The van der Waals surface area contributed by atoms with Crippen molar-refractivity contribution in [2.45, 2.75) is 12.5 Å². The smallest absolute Gasteiger partial charge is 0.406 e. The molecule has 3 rings (SSSR count). The molecule has 3 aromatic rings. The molecule has 1 aromatic heterocycles. The molecule has 0 saturated carbocycles. The van der Waals surface area contributed by atoms with Crippen LogP contribution < -0.4 is 9.57 Å². The Bertz CT molecular complexity index is 881. The predicted octanol–water partition coefficient (Wildman–Crippen LogP) is 4.59. The summed E-state index contributed by atoms with van der Waals surface area (Å²) in [5, 5.41) is 4.28. The van der Waals surface area contributed by atoms with E-state index in [1.807, 2.05) is 0 Å². The molecule has 2 aromatic carbocycles. The molecule has 0 radical (unpaired) electrons. The minimum atomic E-state index is -4.74. The molecule has 142 valence electrons. The minimum Gasteiger partial charge on any atom is -0.406 e. The number of nitrogens with one attached hydrogen (secondary N) is 1. The van der Waals surface area contributed by atoms with Gasteiger partial charge in [0.25, 0.3) is 0 Å². The molecule has 0 spiro atoms. The third kappa shape index (κ3) is 4.95. The molecule has 27 heavy (non-hydrogen) atoms. The Labute approximate surface area is 156 Å². The Balaban J connectivity index is 1.74. The summed E-state index contributed by atoms with van der Waals surface area (Å²) >= 11 is 5.30. The number of nitrogens with zero attached hydrogens (tertiary/aromatic N) is 3. The van der Waals surface area contributed by atoms with E-state index in [1.165, 1.54) is 35.3 Å². The zero-order valence-electron chi connectivity index (χ0n) is 13.6. The first-order valence-corrected chi connectivity index (χ1v) is 8.09. The van der Waals surface area contributed by atoms with Crippen molar-refractivity contribution < 1.29 is 22.3 Å². The van der Waals surface area contributed by atoms with Gasteiger partial charge in [0.05, 0.1) is 5.69 Å². The molecule has 10 heteroatoms. The van der Waals surface area contributed by atoms with Crippen LogP contribution in [0.25, 0.3) is 17.1 Å². The second-order valence-electron chi connectivity index (χ2n) is 5.48. The monoisotopic (exact) mass is 400 g/mol. The van der Waals surface area contributed by atoms with E-state index in [-0.39, 0.29) is 12.3 Å². The van der Waals surface area contributed by atoms with Crippen molar-refractivity contribution in [3.05, 3.63) is 60.4 Å². The van der Waals surface area contributed by atoms with Gasteiger partial charge in [-0.3, -0.25) is 0 Å². The van der Waals surface area contributed by atoms with E-state index in [0.29, 0.717) is 22.6 Å². The van der Waals surface area contributed by atoms with E-state index in [9.17, 15) is 17.6 Å². The van der Waals surface area contributed by atoms with Gasteiger partial charge in [-0.25, -0.2) is 18.9 Å². The highest BCUT2D eigenvalue weighted by molar-refractivity contribution is 6.13. The maximum Gasteiger partial charge on any atom is 0.573 e. The number of aromatic nitrogens is 3. The van der Waals surface area contributed by atoms with Crippen LogP contribution in [0.1, 0.15) is 11.7 Å². The molecule has 0 aliphatic carbocycles. The Morgan fingerprint density at radius 3 is 2.33 bits per heavy atom. The molecule has 0 aliphatic rings. The first kappa shape index (κ1) is 19.1. The quantitative estimate of drug-likeness (QED) is 0.486. The fourth-order valence-electron chi connectivity index (χ4n) is 2.35. The fraction of sp³-hybridized carbons (Fsp3) is 0.176. The van der Waals surface area contributed by atoms with E-state index >= 15 is 0 Å². The molecule has 1 N–H and O–H groups in total. The van der Waals surface area contributed by atoms with Crippen LogP contribution >= 0.6 is 11.8 Å². The fourth-order valence-corrected chi connectivity index (χ4v) is 2.48. The maximum absolute atomic E-state index is 13.8. The van der Waals surface area contributed by atoms with Crippen molar-refractivity contribution in [1.29, 1.82) is 0 Å². The largest absolute Gasteiger partial charge is 0.573 e. The average Bonchev–Trinajstić information content (AvgIpc) is 3.11. The molecular formula is C17H13ClF4N4O. The summed E-state index contributed by atoms with van der Waals surface area (Å²) in [4.78, 5) is 6.42. The summed E-state index contributed by atoms with van der Waals surface area (Å²) in [5.41, 5.74) is 1.64. The minimum absolute atomic E-state index is 0.0121. The number of hydrogen-bond acceptors (Lipinski definition) is 4. The van der Waals surface area contributed by atoms with Crippen molar-refractivity contribution in [3.8, 4) is 22.8 Å². The SMILES string of the molecule is FC(CNCl)c1ccc(-c2ncn(-c3ccc(OC(F)(F)F)cc3)n2)cc1. The summed E-state index contributed by atoms with van der Waals surface area (Å²) < 4.78 is 55.6. The van der Waals surface area contributed by atoms with Gasteiger partial charge in [0.1, 0.15) is 18.2 Å². The summed E-state index contributed by atoms with van der Waals surface area (Å²) in [5.74, 6) is 0.0671. The molecule has 0 fully saturated rings. The highest BCUT2D eigenvalue weighted by atomic mass is 35.5. The van der Waals surface area contributed by atoms with Gasteiger partial charge in [-0.1, -0.05) is 24.3 Å². The maximum atomic E-state index is 13.8. The Morgan fingerprint density at radius 2 is 1.74 bits per heavy atom. The zero-order valence-corrected chi connectivity index (χ0v) is 14.4. The van der Waals surface area contributed by atoms with Gasteiger partial charge in [-0.05, 0) is 41.6 Å². The molecule has 1 atom stereocenters.